The van der Waals surface area contributed by atoms with Gasteiger partial charge in [0.1, 0.15) is 5.75 Å². The van der Waals surface area contributed by atoms with E-state index in [0.29, 0.717) is 21.8 Å². The number of nitrogens with two attached hydrogens (primary N) is 1. The maximum absolute atomic E-state index is 12.5. The molecule has 0 aliphatic carbocycles. The van der Waals surface area contributed by atoms with E-state index in [2.05, 4.69) is 0 Å². The van der Waals surface area contributed by atoms with Gasteiger partial charge in [0.25, 0.3) is 0 Å². The lowest BCUT2D eigenvalue weighted by molar-refractivity contribution is 0.103. The molecule has 20 heavy (non-hydrogen) atoms. The molecular weight excluding hydrogens is 274 g/mol. The Hall–Kier alpha value is -2.00. The Morgan fingerprint density at radius 1 is 1.15 bits per heavy atom. The topological polar surface area (TPSA) is 52.3 Å². The summed E-state index contributed by atoms with van der Waals surface area (Å²) in [6.45, 7) is 3.82. The number of rotatable bonds is 3. The predicted molar refractivity (Wildman–Crippen MR) is 81.8 cm³/mol. The molecular formula is C16H16ClNO2. The fourth-order valence-electron chi connectivity index (χ4n) is 2.30. The van der Waals surface area contributed by atoms with E-state index in [1.165, 1.54) is 0 Å². The van der Waals surface area contributed by atoms with E-state index >= 15 is 0 Å². The summed E-state index contributed by atoms with van der Waals surface area (Å²) < 4.78 is 5.30. The number of aryl methyl sites for hydroxylation is 2. The first-order valence-electron chi connectivity index (χ1n) is 6.19. The number of hydrogen-bond acceptors (Lipinski definition) is 3. The van der Waals surface area contributed by atoms with Crippen LogP contribution in [0.15, 0.2) is 30.3 Å². The third-order valence-corrected chi connectivity index (χ3v) is 3.42. The minimum atomic E-state index is -0.118. The number of ketones is 1. The number of hydrogen-bond donors (Lipinski definition) is 1. The molecule has 2 rings (SSSR count). The van der Waals surface area contributed by atoms with Crippen molar-refractivity contribution in [3.8, 4) is 5.75 Å². The molecule has 2 aromatic rings. The van der Waals surface area contributed by atoms with Crippen molar-refractivity contribution < 1.29 is 9.53 Å². The highest BCUT2D eigenvalue weighted by molar-refractivity contribution is 6.31. The SMILES string of the molecule is COc1c(C)cc(C(=O)c2ccc(Cl)cc2N)cc1C. The Morgan fingerprint density at radius 3 is 2.25 bits per heavy atom. The Kier molecular flexibility index (Phi) is 4.00. The van der Waals surface area contributed by atoms with Crippen LogP contribution in [-0.2, 0) is 0 Å². The van der Waals surface area contributed by atoms with Gasteiger partial charge in [0, 0.05) is 21.8 Å². The van der Waals surface area contributed by atoms with Gasteiger partial charge in [-0.2, -0.15) is 0 Å². The molecule has 0 radical (unpaired) electrons. The molecule has 0 aromatic heterocycles. The normalized spacial score (nSPS) is 10.4. The van der Waals surface area contributed by atoms with Gasteiger partial charge in [-0.05, 0) is 55.3 Å². The zero-order valence-corrected chi connectivity index (χ0v) is 12.4. The number of halogens is 1. The van der Waals surface area contributed by atoms with Crippen LogP contribution >= 0.6 is 11.6 Å². The van der Waals surface area contributed by atoms with Crippen LogP contribution in [0.1, 0.15) is 27.0 Å². The van der Waals surface area contributed by atoms with Gasteiger partial charge in [0.05, 0.1) is 7.11 Å². The first-order chi connectivity index (χ1) is 9.43. The summed E-state index contributed by atoms with van der Waals surface area (Å²) in [5.74, 6) is 0.679. The molecule has 0 fully saturated rings. The van der Waals surface area contributed by atoms with Crippen LogP contribution in [0.5, 0.6) is 5.75 Å². The van der Waals surface area contributed by atoms with Crippen LogP contribution in [-0.4, -0.2) is 12.9 Å². The first-order valence-corrected chi connectivity index (χ1v) is 6.56. The number of ether oxygens (including phenoxy) is 1. The highest BCUT2D eigenvalue weighted by Crippen LogP contribution is 2.27. The van der Waals surface area contributed by atoms with E-state index in [4.69, 9.17) is 22.1 Å². The molecule has 0 aliphatic heterocycles. The number of nitrogen functional groups attached to an aromatic ring is 1. The number of carbonyl (C=O) groups excluding carboxylic acids is 1. The number of methoxy groups -OCH3 is 1. The molecule has 0 spiro atoms. The average Bonchev–Trinajstić information content (AvgIpc) is 2.37. The molecule has 0 unspecified atom stereocenters. The van der Waals surface area contributed by atoms with Crippen molar-refractivity contribution in [3.63, 3.8) is 0 Å². The zero-order chi connectivity index (χ0) is 14.9. The summed E-state index contributed by atoms with van der Waals surface area (Å²) in [6.07, 6.45) is 0. The van der Waals surface area contributed by atoms with Gasteiger partial charge in [-0.3, -0.25) is 4.79 Å². The minimum Gasteiger partial charge on any atom is -0.496 e. The molecule has 2 N–H and O–H groups in total. The smallest absolute Gasteiger partial charge is 0.195 e. The van der Waals surface area contributed by atoms with Crippen LogP contribution in [0.4, 0.5) is 5.69 Å². The summed E-state index contributed by atoms with van der Waals surface area (Å²) in [4.78, 5) is 12.5. The average molecular weight is 290 g/mol. The molecule has 3 nitrogen and oxygen atoms in total. The molecule has 104 valence electrons. The van der Waals surface area contributed by atoms with Crippen molar-refractivity contribution in [1.29, 1.82) is 0 Å². The predicted octanol–water partition coefficient (Wildman–Crippen LogP) is 3.78. The lowest BCUT2D eigenvalue weighted by atomic mass is 9.97. The second-order valence-corrected chi connectivity index (χ2v) is 5.14. The van der Waals surface area contributed by atoms with Crippen molar-refractivity contribution in [3.05, 3.63) is 57.6 Å². The van der Waals surface area contributed by atoms with E-state index < -0.39 is 0 Å². The lowest BCUT2D eigenvalue weighted by Gasteiger charge is -2.11. The second-order valence-electron chi connectivity index (χ2n) is 4.70. The van der Waals surface area contributed by atoms with Gasteiger partial charge in [-0.1, -0.05) is 11.6 Å². The molecule has 4 heteroatoms. The molecule has 2 aromatic carbocycles. The fourth-order valence-corrected chi connectivity index (χ4v) is 2.48. The number of anilines is 1. The summed E-state index contributed by atoms with van der Waals surface area (Å²) in [5, 5.41) is 0.515. The van der Waals surface area contributed by atoms with Crippen LogP contribution in [0, 0.1) is 13.8 Å². The Labute approximate surface area is 123 Å². The van der Waals surface area contributed by atoms with Gasteiger partial charge >= 0.3 is 0 Å². The number of carbonyl (C=O) groups is 1. The summed E-state index contributed by atoms with van der Waals surface area (Å²) in [6, 6.07) is 8.51. The van der Waals surface area contributed by atoms with Crippen molar-refractivity contribution in [1.82, 2.24) is 0 Å². The highest BCUT2D eigenvalue weighted by atomic mass is 35.5. The third-order valence-electron chi connectivity index (χ3n) is 3.18. The van der Waals surface area contributed by atoms with Gasteiger partial charge in [0.2, 0.25) is 0 Å². The van der Waals surface area contributed by atoms with E-state index in [1.54, 1.807) is 25.3 Å². The van der Waals surface area contributed by atoms with Crippen LogP contribution < -0.4 is 10.5 Å². The zero-order valence-electron chi connectivity index (χ0n) is 11.7. The van der Waals surface area contributed by atoms with Crippen LogP contribution in [0.3, 0.4) is 0 Å². The largest absolute Gasteiger partial charge is 0.496 e. The van der Waals surface area contributed by atoms with E-state index in [9.17, 15) is 4.79 Å². The molecule has 0 saturated carbocycles. The quantitative estimate of drug-likeness (QED) is 0.691. The Bertz CT molecular complexity index is 657. The van der Waals surface area contributed by atoms with Gasteiger partial charge in [-0.15, -0.1) is 0 Å². The monoisotopic (exact) mass is 289 g/mol. The van der Waals surface area contributed by atoms with Gasteiger partial charge in [-0.25, -0.2) is 0 Å². The highest BCUT2D eigenvalue weighted by Gasteiger charge is 2.15. The maximum Gasteiger partial charge on any atom is 0.195 e. The molecule has 0 bridgehead atoms. The van der Waals surface area contributed by atoms with E-state index in [1.807, 2.05) is 26.0 Å². The number of benzene rings is 2. The van der Waals surface area contributed by atoms with Crippen molar-refractivity contribution in [2.24, 2.45) is 0 Å². The summed E-state index contributed by atoms with van der Waals surface area (Å²) in [5.41, 5.74) is 9.13. The molecule has 0 atom stereocenters. The van der Waals surface area contributed by atoms with E-state index in [0.717, 1.165) is 16.9 Å². The maximum atomic E-state index is 12.5. The fraction of sp³-hybridized carbons (Fsp3) is 0.188. The standard InChI is InChI=1S/C16H16ClNO2/c1-9-6-11(7-10(2)16(9)20-3)15(19)13-5-4-12(17)8-14(13)18/h4-8H,18H2,1-3H3. The van der Waals surface area contributed by atoms with Crippen molar-refractivity contribution in [2.75, 3.05) is 12.8 Å². The molecule has 0 aliphatic rings. The first kappa shape index (κ1) is 14.4. The molecule has 0 saturated heterocycles. The van der Waals surface area contributed by atoms with Crippen LogP contribution in [0.25, 0.3) is 0 Å². The van der Waals surface area contributed by atoms with Gasteiger partial charge < -0.3 is 10.5 Å². The summed E-state index contributed by atoms with van der Waals surface area (Å²) in [7, 11) is 1.62. The van der Waals surface area contributed by atoms with Gasteiger partial charge in [0.15, 0.2) is 5.78 Å². The Morgan fingerprint density at radius 2 is 1.75 bits per heavy atom. The molecule has 0 heterocycles. The Balaban J connectivity index is 2.49. The minimum absolute atomic E-state index is 0.118. The lowest BCUT2D eigenvalue weighted by Crippen LogP contribution is -2.06. The van der Waals surface area contributed by atoms with E-state index in [-0.39, 0.29) is 5.78 Å². The summed E-state index contributed by atoms with van der Waals surface area (Å²) >= 11 is 5.85. The molecule has 0 amide bonds. The van der Waals surface area contributed by atoms with Crippen molar-refractivity contribution >= 4 is 23.1 Å². The van der Waals surface area contributed by atoms with Crippen LogP contribution in [0.2, 0.25) is 5.02 Å². The van der Waals surface area contributed by atoms with Crippen molar-refractivity contribution in [2.45, 2.75) is 13.8 Å². The third kappa shape index (κ3) is 2.63. The second kappa shape index (κ2) is 5.55.